The fourth-order valence-electron chi connectivity index (χ4n) is 3.72. The zero-order valence-corrected chi connectivity index (χ0v) is 18.1. The van der Waals surface area contributed by atoms with Crippen LogP contribution in [-0.2, 0) is 3.22 Å². The molecule has 0 amide bonds. The Morgan fingerprint density at radius 3 is 2.71 bits per heavy atom. The molecule has 1 aliphatic heterocycles. The molecule has 1 aliphatic rings. The predicted molar refractivity (Wildman–Crippen MR) is 115 cm³/mol. The van der Waals surface area contributed by atoms with Gasteiger partial charge in [-0.2, -0.15) is 5.10 Å². The molecule has 0 aliphatic carbocycles. The van der Waals surface area contributed by atoms with Crippen molar-refractivity contribution in [3.63, 3.8) is 0 Å². The summed E-state index contributed by atoms with van der Waals surface area (Å²) in [6, 6.07) is 7.94. The molecule has 0 saturated carbocycles. The minimum atomic E-state index is 0.193. The largest absolute Gasteiger partial charge is 0.493 e. The first kappa shape index (κ1) is 19.2. The van der Waals surface area contributed by atoms with Gasteiger partial charge in [-0.25, -0.2) is 9.50 Å². The van der Waals surface area contributed by atoms with Crippen molar-refractivity contribution in [1.82, 2.24) is 14.6 Å². The molecule has 28 heavy (non-hydrogen) atoms. The Kier molecular flexibility index (Phi) is 5.30. The van der Waals surface area contributed by atoms with Crippen LogP contribution >= 0.6 is 23.0 Å². The summed E-state index contributed by atoms with van der Waals surface area (Å²) in [4.78, 5) is 12.4. The molecule has 3 heterocycles. The lowest BCUT2D eigenvalue weighted by molar-refractivity contribution is -0.0493. The number of halogens is 1. The van der Waals surface area contributed by atoms with Crippen molar-refractivity contribution in [2.75, 3.05) is 25.1 Å². The molecule has 0 spiro atoms. The summed E-state index contributed by atoms with van der Waals surface area (Å²) in [7, 11) is 1.59. The average Bonchev–Trinajstić information content (AvgIpc) is 3.24. The van der Waals surface area contributed by atoms with Crippen molar-refractivity contribution in [3.05, 3.63) is 35.7 Å². The molecule has 4 rings (SSSR count). The van der Waals surface area contributed by atoms with Gasteiger partial charge in [0.2, 0.25) is 5.75 Å². The van der Waals surface area contributed by atoms with Crippen LogP contribution in [0.1, 0.15) is 17.8 Å². The Balaban J connectivity index is 1.88. The molecular formula is C19H22IN5O3. The molecule has 8 nitrogen and oxygen atoms in total. The number of imidazole rings is 1. The molecule has 0 radical (unpaired) electrons. The number of fused-ring (bicyclic) bond motifs is 1. The van der Waals surface area contributed by atoms with Crippen LogP contribution in [-0.4, -0.2) is 40.8 Å². The highest BCUT2D eigenvalue weighted by atomic mass is 127. The highest BCUT2D eigenvalue weighted by molar-refractivity contribution is 14.1. The highest BCUT2D eigenvalue weighted by Crippen LogP contribution is 2.36. The zero-order valence-electron chi connectivity index (χ0n) is 16.0. The Bertz CT molecular complexity index is 1020. The van der Waals surface area contributed by atoms with E-state index in [1.165, 1.54) is 0 Å². The number of nitrogens with zero attached hydrogens (tertiary/aromatic N) is 4. The maximum Gasteiger partial charge on any atom is 0.208 e. The van der Waals surface area contributed by atoms with Crippen molar-refractivity contribution >= 4 is 34.3 Å². The van der Waals surface area contributed by atoms with E-state index in [4.69, 9.17) is 28.7 Å². The van der Waals surface area contributed by atoms with Gasteiger partial charge in [-0.1, -0.05) is 0 Å². The Labute approximate surface area is 177 Å². The van der Waals surface area contributed by atoms with Gasteiger partial charge in [-0.05, 0) is 44.5 Å². The second-order valence-electron chi connectivity index (χ2n) is 6.96. The Morgan fingerprint density at radius 2 is 2.04 bits per heavy atom. The van der Waals surface area contributed by atoms with E-state index in [-0.39, 0.29) is 6.04 Å². The van der Waals surface area contributed by atoms with Gasteiger partial charge in [0.05, 0.1) is 29.9 Å². The molecule has 148 valence electrons. The standard InChI is InChI=1S/C19H22IN5O3/c1-11-8-15(24-7-6-14(21)10-24)19-22-12(2)18(25(19)23-11)13-4-5-16(26-3)17(9-13)27-28-20/h4-5,8-9,14H,6-7,10,21H2,1-3H3. The Morgan fingerprint density at radius 1 is 1.21 bits per heavy atom. The monoisotopic (exact) mass is 495 g/mol. The number of ether oxygens (including phenoxy) is 1. The topological polar surface area (TPSA) is 87.1 Å². The van der Waals surface area contributed by atoms with Gasteiger partial charge in [0.1, 0.15) is 0 Å². The van der Waals surface area contributed by atoms with Crippen LogP contribution in [0.2, 0.25) is 0 Å². The quantitative estimate of drug-likeness (QED) is 0.331. The van der Waals surface area contributed by atoms with E-state index >= 15 is 0 Å². The molecule has 1 aromatic carbocycles. The fraction of sp³-hybridized carbons (Fsp3) is 0.368. The van der Waals surface area contributed by atoms with Crippen LogP contribution < -0.4 is 20.3 Å². The van der Waals surface area contributed by atoms with Crippen LogP contribution in [0.15, 0.2) is 24.3 Å². The number of aryl methyl sites for hydroxylation is 2. The molecule has 2 N–H and O–H groups in total. The van der Waals surface area contributed by atoms with Crippen molar-refractivity contribution < 1.29 is 12.8 Å². The number of hydrogen-bond donors (Lipinski definition) is 1. The van der Waals surface area contributed by atoms with Gasteiger partial charge in [0.25, 0.3) is 0 Å². The number of anilines is 1. The van der Waals surface area contributed by atoms with E-state index < -0.39 is 0 Å². The van der Waals surface area contributed by atoms with Crippen molar-refractivity contribution in [2.24, 2.45) is 5.73 Å². The van der Waals surface area contributed by atoms with Crippen molar-refractivity contribution in [2.45, 2.75) is 26.3 Å². The van der Waals surface area contributed by atoms with E-state index in [2.05, 4.69) is 11.0 Å². The van der Waals surface area contributed by atoms with Crippen LogP contribution in [0.3, 0.4) is 0 Å². The van der Waals surface area contributed by atoms with Gasteiger partial charge in [-0.15, -0.1) is 3.22 Å². The minimum Gasteiger partial charge on any atom is -0.493 e. The highest BCUT2D eigenvalue weighted by Gasteiger charge is 2.24. The molecule has 2 aromatic heterocycles. The second-order valence-corrected chi connectivity index (χ2v) is 7.32. The molecular weight excluding hydrogens is 473 g/mol. The number of hydrogen-bond acceptors (Lipinski definition) is 7. The van der Waals surface area contributed by atoms with Gasteiger partial charge in [0.15, 0.2) is 34.4 Å². The number of aromatic nitrogens is 3. The summed E-state index contributed by atoms with van der Waals surface area (Å²) in [5, 5.41) is 4.73. The van der Waals surface area contributed by atoms with Crippen LogP contribution in [0.4, 0.5) is 5.69 Å². The third-order valence-corrected chi connectivity index (χ3v) is 5.16. The summed E-state index contributed by atoms with van der Waals surface area (Å²) in [5.41, 5.74) is 11.6. The van der Waals surface area contributed by atoms with Gasteiger partial charge in [0, 0.05) is 24.7 Å². The third-order valence-electron chi connectivity index (χ3n) is 4.98. The van der Waals surface area contributed by atoms with E-state index in [9.17, 15) is 0 Å². The molecule has 9 heteroatoms. The van der Waals surface area contributed by atoms with E-state index in [1.54, 1.807) is 30.1 Å². The number of benzene rings is 1. The summed E-state index contributed by atoms with van der Waals surface area (Å²) in [5.74, 6) is 1.07. The second kappa shape index (κ2) is 7.72. The van der Waals surface area contributed by atoms with E-state index in [0.717, 1.165) is 53.5 Å². The maximum atomic E-state index is 6.12. The van der Waals surface area contributed by atoms with Crippen molar-refractivity contribution in [1.29, 1.82) is 0 Å². The average molecular weight is 495 g/mol. The van der Waals surface area contributed by atoms with Gasteiger partial charge >= 0.3 is 0 Å². The zero-order chi connectivity index (χ0) is 19.8. The smallest absolute Gasteiger partial charge is 0.208 e. The van der Waals surface area contributed by atoms with Gasteiger partial charge < -0.3 is 20.3 Å². The summed E-state index contributed by atoms with van der Waals surface area (Å²) >= 11 is 1.68. The summed E-state index contributed by atoms with van der Waals surface area (Å²) in [6.07, 6.45) is 0.982. The summed E-state index contributed by atoms with van der Waals surface area (Å²) < 4.78 is 12.1. The molecule has 3 aromatic rings. The lowest BCUT2D eigenvalue weighted by Crippen LogP contribution is -2.27. The van der Waals surface area contributed by atoms with Crippen LogP contribution in [0, 0.1) is 13.8 Å². The molecule has 1 saturated heterocycles. The van der Waals surface area contributed by atoms with E-state index in [0.29, 0.717) is 11.5 Å². The van der Waals surface area contributed by atoms with E-state index in [1.807, 2.05) is 36.6 Å². The molecule has 1 fully saturated rings. The molecule has 0 bridgehead atoms. The van der Waals surface area contributed by atoms with Crippen molar-refractivity contribution in [3.8, 4) is 22.8 Å². The maximum absolute atomic E-state index is 6.12. The first-order valence-electron chi connectivity index (χ1n) is 9.03. The van der Waals surface area contributed by atoms with Crippen LogP contribution in [0.5, 0.6) is 11.5 Å². The SMILES string of the molecule is COc1ccc(-c2c(C)nc3c(N4CCC(N)C4)cc(C)nn23)cc1OOI. The first-order valence-corrected chi connectivity index (χ1v) is 9.91. The lowest BCUT2D eigenvalue weighted by atomic mass is 10.1. The fourth-order valence-corrected chi connectivity index (χ4v) is 3.92. The molecule has 1 atom stereocenters. The number of methoxy groups -OCH3 is 1. The summed E-state index contributed by atoms with van der Waals surface area (Å²) in [6.45, 7) is 5.73. The first-order chi connectivity index (χ1) is 13.5. The lowest BCUT2D eigenvalue weighted by Gasteiger charge is -2.19. The third kappa shape index (κ3) is 3.38. The number of rotatable bonds is 5. The normalized spacial score (nSPS) is 16.8. The Hall–Kier alpha value is -2.11. The van der Waals surface area contributed by atoms with Crippen LogP contribution in [0.25, 0.3) is 16.9 Å². The number of nitrogens with two attached hydrogens (primary N) is 1. The predicted octanol–water partition coefficient (Wildman–Crippen LogP) is 3.22. The minimum absolute atomic E-state index is 0.193. The van der Waals surface area contributed by atoms with Gasteiger partial charge in [-0.3, -0.25) is 0 Å². The molecule has 1 unspecified atom stereocenters.